The molecule has 0 unspecified atom stereocenters. The Hall–Kier alpha value is -6.39. The van der Waals surface area contributed by atoms with Gasteiger partial charge in [0, 0.05) is 33.9 Å². The minimum absolute atomic E-state index is 0. The van der Waals surface area contributed by atoms with Crippen molar-refractivity contribution < 1.29 is 41.9 Å². The fourth-order valence-corrected chi connectivity index (χ4v) is 6.17. The van der Waals surface area contributed by atoms with E-state index >= 15 is 0 Å². The molecule has 0 saturated carbocycles. The molecule has 1 heterocycles. The van der Waals surface area contributed by atoms with E-state index in [1.54, 1.807) is 47.3 Å². The summed E-state index contributed by atoms with van der Waals surface area (Å²) in [6.07, 6.45) is 0. The van der Waals surface area contributed by atoms with E-state index < -0.39 is 0 Å². The maximum absolute atomic E-state index is 10.9. The van der Waals surface area contributed by atoms with Crippen molar-refractivity contribution in [3.8, 4) is 17.2 Å². The van der Waals surface area contributed by atoms with Crippen LogP contribution < -0.4 is 0 Å². The molecule has 0 bridgehead atoms. The van der Waals surface area contributed by atoms with Crippen LogP contribution in [0.2, 0.25) is 0 Å². The SMILES string of the molecule is Cc1ccc2c(O)c(N=Nc3ccc(N=Nc4ccc(N=Nc5ccc(-n6nc7ccc8ccccc8c7n6)cc5)cc4)cc3O)c(SOOO)cc2c1.[Cu]. The van der Waals surface area contributed by atoms with Crippen molar-refractivity contribution in [2.75, 3.05) is 0 Å². The van der Waals surface area contributed by atoms with Crippen LogP contribution in [-0.4, -0.2) is 30.5 Å². The fraction of sp³-hybridized carbons (Fsp3) is 0.0256. The van der Waals surface area contributed by atoms with Crippen molar-refractivity contribution in [2.24, 2.45) is 30.7 Å². The van der Waals surface area contributed by atoms with Crippen LogP contribution in [-0.2, 0) is 26.4 Å². The van der Waals surface area contributed by atoms with Gasteiger partial charge < -0.3 is 10.2 Å². The van der Waals surface area contributed by atoms with Crippen molar-refractivity contribution in [1.29, 1.82) is 0 Å². The summed E-state index contributed by atoms with van der Waals surface area (Å²) in [6, 6.07) is 38.4. The summed E-state index contributed by atoms with van der Waals surface area (Å²) in [6.45, 7) is 1.92. The Bertz CT molecular complexity index is 2760. The van der Waals surface area contributed by atoms with Crippen LogP contribution in [0.5, 0.6) is 11.5 Å². The van der Waals surface area contributed by atoms with Crippen molar-refractivity contribution in [3.05, 3.63) is 133 Å². The molecule has 0 aliphatic heterocycles. The van der Waals surface area contributed by atoms with Crippen LogP contribution in [0.15, 0.2) is 163 Å². The number of phenols is 2. The molecule has 7 aromatic carbocycles. The van der Waals surface area contributed by atoms with Gasteiger partial charge in [-0.25, -0.2) is 5.26 Å². The summed E-state index contributed by atoms with van der Waals surface area (Å²) in [5, 5.41) is 72.2. The van der Waals surface area contributed by atoms with Gasteiger partial charge >= 0.3 is 0 Å². The first-order valence-electron chi connectivity index (χ1n) is 16.4. The van der Waals surface area contributed by atoms with Gasteiger partial charge in [0.25, 0.3) is 0 Å². The van der Waals surface area contributed by atoms with Crippen molar-refractivity contribution in [1.82, 2.24) is 15.0 Å². The van der Waals surface area contributed by atoms with E-state index in [1.807, 2.05) is 73.7 Å². The average molecular weight is 797 g/mol. The quantitative estimate of drug-likeness (QED) is 0.0401. The van der Waals surface area contributed by atoms with Gasteiger partial charge in [0.15, 0.2) is 5.75 Å². The Kier molecular flexibility index (Phi) is 11.0. The zero-order valence-corrected chi connectivity index (χ0v) is 30.3. The third-order valence-corrected chi connectivity index (χ3v) is 8.97. The first kappa shape index (κ1) is 36.9. The standard InChI is InChI=1S/C39H27N9O5S.Cu/c1-23-6-17-32-25(20-23)21-36(54-53-52-51)38(39(32)50)45-44-33-19-14-29(22-35(33)49)43-42-27-10-8-26(9-11-27)40-41-28-12-15-30(16-13-28)48-46-34-18-7-24-4-2-3-5-31(24)37(34)47-48;/h2-22,49-51H,1H3;. The smallest absolute Gasteiger partial charge is 0.152 e. The number of fused-ring (bicyclic) bond motifs is 4. The summed E-state index contributed by atoms with van der Waals surface area (Å²) >= 11 is 0.639. The van der Waals surface area contributed by atoms with Gasteiger partial charge in [-0.2, -0.15) is 25.3 Å². The first-order chi connectivity index (χ1) is 26.4. The summed E-state index contributed by atoms with van der Waals surface area (Å²) < 4.78 is 4.59. The van der Waals surface area contributed by atoms with Gasteiger partial charge in [0.05, 0.1) is 45.4 Å². The molecule has 275 valence electrons. The maximum Gasteiger partial charge on any atom is 0.152 e. The monoisotopic (exact) mass is 796 g/mol. The molecule has 8 aromatic rings. The molecule has 1 aromatic heterocycles. The minimum atomic E-state index is -0.207. The van der Waals surface area contributed by atoms with Crippen molar-refractivity contribution in [3.63, 3.8) is 0 Å². The number of aromatic hydroxyl groups is 2. The Morgan fingerprint density at radius 3 is 2.00 bits per heavy atom. The third kappa shape index (κ3) is 8.10. The van der Waals surface area contributed by atoms with Crippen LogP contribution >= 0.6 is 12.0 Å². The number of rotatable bonds is 10. The average Bonchev–Trinajstić information content (AvgIpc) is 3.64. The zero-order valence-electron chi connectivity index (χ0n) is 28.5. The number of azo groups is 3. The summed E-state index contributed by atoms with van der Waals surface area (Å²) in [7, 11) is 0. The van der Waals surface area contributed by atoms with Crippen LogP contribution in [0.3, 0.4) is 0 Å². The van der Waals surface area contributed by atoms with Gasteiger partial charge in [0.1, 0.15) is 28.2 Å². The van der Waals surface area contributed by atoms with Gasteiger partial charge in [-0.05, 0) is 90.5 Å². The molecule has 0 saturated heterocycles. The Morgan fingerprint density at radius 2 is 1.29 bits per heavy atom. The molecule has 16 heteroatoms. The van der Waals surface area contributed by atoms with Gasteiger partial charge in [-0.1, -0.05) is 59.1 Å². The largest absolute Gasteiger partial charge is 0.506 e. The van der Waals surface area contributed by atoms with Crippen LogP contribution in [0.25, 0.3) is 38.3 Å². The number of hydrogen-bond acceptors (Lipinski definition) is 14. The van der Waals surface area contributed by atoms with Crippen LogP contribution in [0.1, 0.15) is 5.56 Å². The Labute approximate surface area is 327 Å². The van der Waals surface area contributed by atoms with E-state index in [1.165, 1.54) is 12.1 Å². The number of aryl methyl sites for hydroxylation is 1. The normalized spacial score (nSPS) is 11.8. The first-order valence-corrected chi connectivity index (χ1v) is 17.1. The van der Waals surface area contributed by atoms with E-state index in [0.717, 1.165) is 38.4 Å². The summed E-state index contributed by atoms with van der Waals surface area (Å²) in [5.74, 6) is -0.361. The topological polar surface area (TPSA) is 184 Å². The van der Waals surface area contributed by atoms with E-state index in [9.17, 15) is 10.2 Å². The van der Waals surface area contributed by atoms with Gasteiger partial charge in [-0.3, -0.25) is 0 Å². The minimum Gasteiger partial charge on any atom is -0.506 e. The second-order valence-electron chi connectivity index (χ2n) is 12.0. The molecular weight excluding hydrogens is 770 g/mol. The van der Waals surface area contributed by atoms with Crippen molar-refractivity contribution in [2.45, 2.75) is 11.8 Å². The maximum atomic E-state index is 10.9. The Morgan fingerprint density at radius 1 is 0.618 bits per heavy atom. The molecule has 3 N–H and O–H groups in total. The zero-order chi connectivity index (χ0) is 37.0. The molecule has 0 aliphatic carbocycles. The van der Waals surface area contributed by atoms with Crippen LogP contribution in [0, 0.1) is 6.92 Å². The molecule has 0 amide bonds. The van der Waals surface area contributed by atoms with Crippen molar-refractivity contribution >= 4 is 78.7 Å². The molecule has 1 radical (unpaired) electrons. The predicted octanol–water partition coefficient (Wildman–Crippen LogP) is 12.1. The van der Waals surface area contributed by atoms with E-state index in [4.69, 9.17) is 10.4 Å². The second kappa shape index (κ2) is 16.3. The molecule has 0 fully saturated rings. The molecule has 0 aliphatic rings. The number of phenolic OH excluding ortho intramolecular Hbond substituents is 2. The fourth-order valence-electron chi connectivity index (χ4n) is 5.68. The molecule has 8 rings (SSSR count). The molecular formula is C39H27CuN9O5S. The summed E-state index contributed by atoms with van der Waals surface area (Å²) in [4.78, 5) is 1.94. The Balaban J connectivity index is 0.00000465. The molecule has 0 spiro atoms. The van der Waals surface area contributed by atoms with Gasteiger partial charge in [0.2, 0.25) is 0 Å². The second-order valence-corrected chi connectivity index (χ2v) is 12.7. The van der Waals surface area contributed by atoms with E-state index in [0.29, 0.717) is 45.1 Å². The predicted molar refractivity (Wildman–Crippen MR) is 204 cm³/mol. The molecule has 14 nitrogen and oxygen atoms in total. The van der Waals surface area contributed by atoms with Gasteiger partial charge in [-0.15, -0.1) is 24.8 Å². The number of nitrogens with zero attached hydrogens (tertiary/aromatic N) is 9. The molecule has 55 heavy (non-hydrogen) atoms. The number of hydrogen-bond donors (Lipinski definition) is 3. The number of aromatic nitrogens is 3. The van der Waals surface area contributed by atoms with E-state index in [2.05, 4.69) is 51.2 Å². The number of benzene rings is 7. The third-order valence-electron chi connectivity index (χ3n) is 8.35. The summed E-state index contributed by atoms with van der Waals surface area (Å²) in [5.41, 5.74) is 5.88. The van der Waals surface area contributed by atoms with E-state index in [-0.39, 0.29) is 39.9 Å². The van der Waals surface area contributed by atoms with Crippen LogP contribution in [0.4, 0.5) is 34.1 Å². The molecule has 0 atom stereocenters.